The van der Waals surface area contributed by atoms with Gasteiger partial charge < -0.3 is 0 Å². The van der Waals surface area contributed by atoms with Gasteiger partial charge in [-0.2, -0.15) is 0 Å². The Morgan fingerprint density at radius 3 is 2.40 bits per heavy atom. The van der Waals surface area contributed by atoms with Crippen molar-refractivity contribution in [1.82, 2.24) is 0 Å². The molecule has 0 unspecified atom stereocenters. The first-order valence-electron chi connectivity index (χ1n) is 1.53. The van der Waals surface area contributed by atoms with Crippen LogP contribution in [0.15, 0.2) is 12.1 Å². The van der Waals surface area contributed by atoms with Crippen LogP contribution in [0.2, 0.25) is 0 Å². The van der Waals surface area contributed by atoms with E-state index in [4.69, 9.17) is 5.31 Å². The van der Waals surface area contributed by atoms with Crippen LogP contribution in [0.4, 0.5) is 0 Å². The fraction of sp³-hybridized carbons (Fsp3) is 0.333. The first kappa shape index (κ1) is 4.60. The third-order valence-electron chi connectivity index (χ3n) is 0.289. The first-order valence-corrected chi connectivity index (χ1v) is 1.53. The zero-order valence-corrected chi connectivity index (χ0v) is 3.23. The van der Waals surface area contributed by atoms with Crippen LogP contribution in [-0.2, 0) is 0 Å². The van der Waals surface area contributed by atoms with E-state index in [1.54, 1.807) is 5.98 Å². The molecule has 0 aliphatic rings. The quantitative estimate of drug-likeness (QED) is 0.442. The van der Waals surface area contributed by atoms with E-state index >= 15 is 0 Å². The molecule has 1 nitrogen and oxygen atoms in total. The molecule has 0 atom stereocenters. The molecule has 0 spiro atoms. The Bertz CT molecular complexity index is 48.9. The number of nitrogens with one attached hydrogen (secondary N) is 1. The minimum absolute atomic E-state index is 1.25. The van der Waals surface area contributed by atoms with Gasteiger partial charge >= 0.3 is 31.4 Å². The van der Waals surface area contributed by atoms with E-state index in [0.29, 0.717) is 0 Å². The average Bonchev–Trinajstić information content (AvgIpc) is 1.41. The van der Waals surface area contributed by atoms with Gasteiger partial charge in [0.1, 0.15) is 0 Å². The molecule has 0 amide bonds. The summed E-state index contributed by atoms with van der Waals surface area (Å²) >= 11 is 0. The molecule has 2 heteroatoms. The summed E-state index contributed by atoms with van der Waals surface area (Å²) in [4.78, 5) is 0. The van der Waals surface area contributed by atoms with Gasteiger partial charge in [-0.1, -0.05) is 0 Å². The van der Waals surface area contributed by atoms with Crippen LogP contribution < -0.4 is 0 Å². The predicted octanol–water partition coefficient (Wildman–Crippen LogP) is 0.987. The van der Waals surface area contributed by atoms with E-state index in [2.05, 4.69) is 0 Å². The average molecular weight is 66.9 g/mol. The standard InChI is InChI=1S/C3H6BN/c1-2-3-4-5/h2-3,5H,1H3. The van der Waals surface area contributed by atoms with Gasteiger partial charge in [-0.15, -0.1) is 0 Å². The Hall–Kier alpha value is -0.395. The van der Waals surface area contributed by atoms with E-state index in [-0.39, 0.29) is 0 Å². The third kappa shape index (κ3) is 3.60. The molecule has 0 saturated heterocycles. The molecule has 26 valence electrons. The summed E-state index contributed by atoms with van der Waals surface area (Å²) in [7, 11) is 1.25. The summed E-state index contributed by atoms with van der Waals surface area (Å²) in [5, 5.41) is 6.39. The van der Waals surface area contributed by atoms with Gasteiger partial charge in [-0.05, 0) is 0 Å². The van der Waals surface area contributed by atoms with E-state index in [0.717, 1.165) is 0 Å². The number of hydrogen-bond acceptors (Lipinski definition) is 1. The van der Waals surface area contributed by atoms with E-state index in [9.17, 15) is 0 Å². The van der Waals surface area contributed by atoms with Crippen LogP contribution >= 0.6 is 0 Å². The predicted molar refractivity (Wildman–Crippen MR) is 23.3 cm³/mol. The Morgan fingerprint density at radius 2 is 2.40 bits per heavy atom. The van der Waals surface area contributed by atoms with Crippen LogP contribution in [0.5, 0.6) is 0 Å². The second-order valence-electron chi connectivity index (χ2n) is 0.692. The van der Waals surface area contributed by atoms with Gasteiger partial charge in [-0.25, -0.2) is 0 Å². The SMILES string of the molecule is CC=CB=N. The van der Waals surface area contributed by atoms with Crippen molar-refractivity contribution in [2.75, 3.05) is 0 Å². The summed E-state index contributed by atoms with van der Waals surface area (Å²) in [6, 6.07) is 0. The summed E-state index contributed by atoms with van der Waals surface area (Å²) in [5.41, 5.74) is 0. The van der Waals surface area contributed by atoms with Crippen molar-refractivity contribution >= 4 is 7.07 Å². The minimum atomic E-state index is 1.25. The van der Waals surface area contributed by atoms with Crippen molar-refractivity contribution in [1.29, 1.82) is 5.31 Å². The zero-order valence-electron chi connectivity index (χ0n) is 3.23. The topological polar surface area (TPSA) is 23.9 Å². The second-order valence-corrected chi connectivity index (χ2v) is 0.692. The molecule has 0 aromatic rings. The molecule has 0 heterocycles. The Balaban J connectivity index is 2.92. The van der Waals surface area contributed by atoms with E-state index < -0.39 is 0 Å². The Morgan fingerprint density at radius 1 is 1.80 bits per heavy atom. The summed E-state index contributed by atoms with van der Waals surface area (Å²) < 4.78 is 0. The van der Waals surface area contributed by atoms with Crippen molar-refractivity contribution in [3.8, 4) is 0 Å². The normalized spacial score (nSPS) is 8.20. The molecule has 0 fully saturated rings. The number of rotatable bonds is 1. The molecule has 0 rings (SSSR count). The molecule has 0 radical (unpaired) electrons. The Kier molecular flexibility index (Phi) is 3.32. The van der Waals surface area contributed by atoms with Crippen molar-refractivity contribution in [3.05, 3.63) is 12.1 Å². The maximum atomic E-state index is 6.39. The van der Waals surface area contributed by atoms with Crippen molar-refractivity contribution < 1.29 is 0 Å². The maximum absolute atomic E-state index is 6.39. The molecule has 5 heavy (non-hydrogen) atoms. The first-order chi connectivity index (χ1) is 2.41. The fourth-order valence-corrected chi connectivity index (χ4v) is 0.0962. The van der Waals surface area contributed by atoms with Gasteiger partial charge in [0.05, 0.1) is 0 Å². The zero-order chi connectivity index (χ0) is 4.12. The molecule has 0 aliphatic heterocycles. The molecular weight excluding hydrogens is 60.9 g/mol. The summed E-state index contributed by atoms with van der Waals surface area (Å²) in [5.74, 6) is 1.67. The molecule has 0 aromatic heterocycles. The molecule has 0 saturated carbocycles. The number of allylic oxidation sites excluding steroid dienone is 1. The van der Waals surface area contributed by atoms with Crippen molar-refractivity contribution in [3.63, 3.8) is 0 Å². The van der Waals surface area contributed by atoms with Crippen LogP contribution in [0.3, 0.4) is 0 Å². The van der Waals surface area contributed by atoms with Crippen LogP contribution in [0.25, 0.3) is 0 Å². The monoisotopic (exact) mass is 67.1 g/mol. The molecule has 0 aliphatic carbocycles. The van der Waals surface area contributed by atoms with Crippen LogP contribution in [0.1, 0.15) is 6.92 Å². The fourth-order valence-electron chi connectivity index (χ4n) is 0.0962. The van der Waals surface area contributed by atoms with E-state index in [1.807, 2.05) is 13.0 Å². The van der Waals surface area contributed by atoms with Gasteiger partial charge in [0.15, 0.2) is 0 Å². The van der Waals surface area contributed by atoms with Gasteiger partial charge in [-0.3, -0.25) is 0 Å². The van der Waals surface area contributed by atoms with Crippen LogP contribution in [-0.4, -0.2) is 7.07 Å². The van der Waals surface area contributed by atoms with Gasteiger partial charge in [0.25, 0.3) is 0 Å². The van der Waals surface area contributed by atoms with E-state index in [1.165, 1.54) is 7.07 Å². The molecule has 0 bridgehead atoms. The van der Waals surface area contributed by atoms with Crippen LogP contribution in [0, 0.1) is 5.31 Å². The van der Waals surface area contributed by atoms with Crippen molar-refractivity contribution in [2.45, 2.75) is 6.92 Å². The van der Waals surface area contributed by atoms with Gasteiger partial charge in [0, 0.05) is 0 Å². The van der Waals surface area contributed by atoms with Crippen molar-refractivity contribution in [2.24, 2.45) is 0 Å². The summed E-state index contributed by atoms with van der Waals surface area (Å²) in [6.07, 6.45) is 1.81. The third-order valence-corrected chi connectivity index (χ3v) is 0.289. The molecular formula is C3H6BN. The summed E-state index contributed by atoms with van der Waals surface area (Å²) in [6.45, 7) is 1.88. The molecule has 0 aromatic carbocycles. The second kappa shape index (κ2) is 3.60. The Labute approximate surface area is 32.5 Å². The molecule has 1 N–H and O–H groups in total. The van der Waals surface area contributed by atoms with Gasteiger partial charge in [0.2, 0.25) is 0 Å². The number of hydrogen-bond donors (Lipinski definition) is 1.